The molecule has 4 rings (SSSR count). The van der Waals surface area contributed by atoms with Gasteiger partial charge in [-0.15, -0.1) is 0 Å². The molecule has 1 aliphatic rings. The van der Waals surface area contributed by atoms with Gasteiger partial charge >= 0.3 is 0 Å². The molecule has 1 N–H and O–H groups in total. The monoisotopic (exact) mass is 323 g/mol. The molecule has 0 radical (unpaired) electrons. The lowest BCUT2D eigenvalue weighted by Crippen LogP contribution is -2.20. The van der Waals surface area contributed by atoms with Crippen LogP contribution in [0.5, 0.6) is 0 Å². The van der Waals surface area contributed by atoms with Gasteiger partial charge in [0.1, 0.15) is 6.04 Å². The lowest BCUT2D eigenvalue weighted by molar-refractivity contribution is 0.586. The van der Waals surface area contributed by atoms with Crippen LogP contribution in [0.3, 0.4) is 0 Å². The highest BCUT2D eigenvalue weighted by Crippen LogP contribution is 2.31. The Kier molecular flexibility index (Phi) is 3.35. The third kappa shape index (κ3) is 2.59. The van der Waals surface area contributed by atoms with Crippen molar-refractivity contribution in [2.75, 3.05) is 5.32 Å². The fourth-order valence-corrected chi connectivity index (χ4v) is 2.78. The summed E-state index contributed by atoms with van der Waals surface area (Å²) >= 11 is 5.98. The van der Waals surface area contributed by atoms with Crippen LogP contribution in [0.15, 0.2) is 54.6 Å². The van der Waals surface area contributed by atoms with E-state index in [1.54, 1.807) is 4.68 Å². The van der Waals surface area contributed by atoms with Crippen molar-refractivity contribution in [2.24, 2.45) is 0 Å². The summed E-state index contributed by atoms with van der Waals surface area (Å²) in [5.74, 6) is 0.628. The summed E-state index contributed by atoms with van der Waals surface area (Å²) in [6.07, 6.45) is 2.12. The molecule has 0 aliphatic carbocycles. The highest BCUT2D eigenvalue weighted by molar-refractivity contribution is 6.30. The molecule has 6 heteroatoms. The molecule has 2 aromatic carbocycles. The summed E-state index contributed by atoms with van der Waals surface area (Å²) in [6, 6.07) is 16.1. The molecule has 5 nitrogen and oxygen atoms in total. The Morgan fingerprint density at radius 3 is 2.52 bits per heavy atom. The van der Waals surface area contributed by atoms with Crippen molar-refractivity contribution in [3.05, 3.63) is 76.3 Å². The number of nitrogens with one attached hydrogen (secondary N) is 1. The maximum atomic E-state index is 5.98. The molecule has 0 amide bonds. The maximum absolute atomic E-state index is 5.98. The highest BCUT2D eigenvalue weighted by Gasteiger charge is 2.24. The Hall–Kier alpha value is -2.66. The van der Waals surface area contributed by atoms with E-state index in [-0.39, 0.29) is 6.04 Å². The van der Waals surface area contributed by atoms with Crippen LogP contribution in [0.1, 0.15) is 22.7 Å². The quantitative estimate of drug-likeness (QED) is 0.781. The molecular weight excluding hydrogens is 310 g/mol. The summed E-state index contributed by atoms with van der Waals surface area (Å²) in [6.45, 7) is 2.07. The van der Waals surface area contributed by atoms with Gasteiger partial charge in [-0.1, -0.05) is 58.7 Å². The Morgan fingerprint density at radius 2 is 1.78 bits per heavy atom. The number of allylic oxidation sites excluding steroid dienone is 1. The fraction of sp³-hybridized carbons (Fsp3) is 0.118. The second kappa shape index (κ2) is 5.52. The van der Waals surface area contributed by atoms with Gasteiger partial charge in [-0.3, -0.25) is 0 Å². The van der Waals surface area contributed by atoms with Gasteiger partial charge in [-0.2, -0.15) is 4.68 Å². The SMILES string of the molecule is Cc1ccc([C@@H]2C=C(c3ccc(Cl)cc3)Nc3nnnn32)cc1. The number of tetrazole rings is 1. The van der Waals surface area contributed by atoms with Crippen LogP contribution >= 0.6 is 11.6 Å². The van der Waals surface area contributed by atoms with Gasteiger partial charge in [0.25, 0.3) is 0 Å². The predicted octanol–water partition coefficient (Wildman–Crippen LogP) is 3.69. The summed E-state index contributed by atoms with van der Waals surface area (Å²) in [7, 11) is 0. The topological polar surface area (TPSA) is 55.6 Å². The number of nitrogens with zero attached hydrogens (tertiary/aromatic N) is 4. The third-order valence-corrected chi connectivity index (χ3v) is 4.15. The van der Waals surface area contributed by atoms with E-state index >= 15 is 0 Å². The molecule has 0 saturated heterocycles. The van der Waals surface area contributed by atoms with E-state index in [1.807, 2.05) is 24.3 Å². The van der Waals surface area contributed by atoms with Crippen molar-refractivity contribution in [1.82, 2.24) is 20.2 Å². The zero-order valence-corrected chi connectivity index (χ0v) is 13.2. The molecule has 0 bridgehead atoms. The number of aromatic nitrogens is 4. The van der Waals surface area contributed by atoms with E-state index in [9.17, 15) is 0 Å². The van der Waals surface area contributed by atoms with Crippen LogP contribution in [-0.4, -0.2) is 20.2 Å². The van der Waals surface area contributed by atoms with Crippen molar-refractivity contribution < 1.29 is 0 Å². The van der Waals surface area contributed by atoms with Gasteiger partial charge in [0.05, 0.1) is 0 Å². The van der Waals surface area contributed by atoms with E-state index < -0.39 is 0 Å². The number of hydrogen-bond donors (Lipinski definition) is 1. The minimum absolute atomic E-state index is 0.0486. The smallest absolute Gasteiger partial charge is 0.248 e. The Labute approximate surface area is 138 Å². The van der Waals surface area contributed by atoms with Crippen LogP contribution in [0, 0.1) is 6.92 Å². The van der Waals surface area contributed by atoms with Crippen LogP contribution in [0.25, 0.3) is 5.70 Å². The molecule has 0 unspecified atom stereocenters. The van der Waals surface area contributed by atoms with Crippen molar-refractivity contribution in [3.8, 4) is 0 Å². The maximum Gasteiger partial charge on any atom is 0.248 e. The summed E-state index contributed by atoms with van der Waals surface area (Å²) in [5.41, 5.74) is 4.37. The predicted molar refractivity (Wildman–Crippen MR) is 90.2 cm³/mol. The number of benzene rings is 2. The van der Waals surface area contributed by atoms with E-state index in [1.165, 1.54) is 5.56 Å². The van der Waals surface area contributed by atoms with Crippen LogP contribution in [-0.2, 0) is 0 Å². The van der Waals surface area contributed by atoms with Crippen molar-refractivity contribution in [3.63, 3.8) is 0 Å². The standard InChI is InChI=1S/C17H14ClN5/c1-11-2-4-13(5-3-11)16-10-15(12-6-8-14(18)9-7-12)19-17-20-21-22-23(16)17/h2-10,16H,1H3,(H,19,20,22)/t16-/m0/s1. The molecular formula is C17H14ClN5. The lowest BCUT2D eigenvalue weighted by atomic mass is 10.0. The molecule has 3 aromatic rings. The van der Waals surface area contributed by atoms with E-state index in [4.69, 9.17) is 11.6 Å². The minimum atomic E-state index is -0.0486. The van der Waals surface area contributed by atoms with Crippen molar-refractivity contribution in [1.29, 1.82) is 0 Å². The Bertz CT molecular complexity index is 865. The second-order valence-electron chi connectivity index (χ2n) is 5.51. The van der Waals surface area contributed by atoms with Gasteiger partial charge < -0.3 is 5.32 Å². The summed E-state index contributed by atoms with van der Waals surface area (Å²) < 4.78 is 1.78. The second-order valence-corrected chi connectivity index (χ2v) is 5.95. The van der Waals surface area contributed by atoms with Gasteiger partial charge in [0, 0.05) is 10.7 Å². The van der Waals surface area contributed by atoms with Crippen molar-refractivity contribution in [2.45, 2.75) is 13.0 Å². The molecule has 0 fully saturated rings. The van der Waals surface area contributed by atoms with E-state index in [2.05, 4.69) is 58.1 Å². The molecule has 0 spiro atoms. The van der Waals surface area contributed by atoms with Crippen LogP contribution in [0.4, 0.5) is 5.95 Å². The number of aryl methyl sites for hydroxylation is 1. The summed E-state index contributed by atoms with van der Waals surface area (Å²) in [5, 5.41) is 15.9. The molecule has 23 heavy (non-hydrogen) atoms. The molecule has 1 aliphatic heterocycles. The van der Waals surface area contributed by atoms with Gasteiger partial charge in [0.2, 0.25) is 5.95 Å². The summed E-state index contributed by atoms with van der Waals surface area (Å²) in [4.78, 5) is 0. The number of fused-ring (bicyclic) bond motifs is 1. The zero-order chi connectivity index (χ0) is 15.8. The van der Waals surface area contributed by atoms with Gasteiger partial charge in [-0.05, 0) is 46.7 Å². The van der Waals surface area contributed by atoms with E-state index in [0.29, 0.717) is 11.0 Å². The highest BCUT2D eigenvalue weighted by atomic mass is 35.5. The molecule has 1 atom stereocenters. The first-order valence-electron chi connectivity index (χ1n) is 7.30. The molecule has 114 valence electrons. The van der Waals surface area contributed by atoms with Gasteiger partial charge in [-0.25, -0.2) is 0 Å². The van der Waals surface area contributed by atoms with Crippen LogP contribution in [0.2, 0.25) is 5.02 Å². The number of halogens is 1. The third-order valence-electron chi connectivity index (χ3n) is 3.90. The number of hydrogen-bond acceptors (Lipinski definition) is 4. The average molecular weight is 324 g/mol. The largest absolute Gasteiger partial charge is 0.323 e. The van der Waals surface area contributed by atoms with Crippen LogP contribution < -0.4 is 5.32 Å². The van der Waals surface area contributed by atoms with E-state index in [0.717, 1.165) is 16.8 Å². The fourth-order valence-electron chi connectivity index (χ4n) is 2.65. The van der Waals surface area contributed by atoms with Crippen molar-refractivity contribution >= 4 is 23.2 Å². The van der Waals surface area contributed by atoms with Gasteiger partial charge in [0.15, 0.2) is 0 Å². The zero-order valence-electron chi connectivity index (χ0n) is 12.4. The number of rotatable bonds is 2. The Morgan fingerprint density at radius 1 is 1.04 bits per heavy atom. The molecule has 0 saturated carbocycles. The normalized spacial score (nSPS) is 16.4. The first-order valence-corrected chi connectivity index (χ1v) is 7.68. The molecule has 2 heterocycles. The number of anilines is 1. The Balaban J connectivity index is 1.79. The first-order chi connectivity index (χ1) is 11.2. The first kappa shape index (κ1) is 14.0. The minimum Gasteiger partial charge on any atom is -0.323 e. The molecule has 1 aromatic heterocycles. The lowest BCUT2D eigenvalue weighted by Gasteiger charge is -2.23. The average Bonchev–Trinajstić information content (AvgIpc) is 3.04.